The average Bonchev–Trinajstić information content (AvgIpc) is 3.39. The maximum atomic E-state index is 5.98. The molecule has 38 heavy (non-hydrogen) atoms. The zero-order valence-corrected chi connectivity index (χ0v) is 23.8. The highest BCUT2D eigenvalue weighted by atomic mass is 32.1. The van der Waals surface area contributed by atoms with E-state index in [-0.39, 0.29) is 12.1 Å². The molecular weight excluding hydrogens is 492 g/mol. The number of thiocarbonyl (C=S) groups is 1. The van der Waals surface area contributed by atoms with Gasteiger partial charge in [-0.25, -0.2) is 0 Å². The molecule has 1 aliphatic heterocycles. The summed E-state index contributed by atoms with van der Waals surface area (Å²) in [4.78, 5) is 6.87. The standard InChI is InChI=1S/C31H34N4O2S/c1-18-14-19(2)29(20(3)15-18)34-21(4)16-24(22(34)5)30-28(25-10-8-9-13-32-25)33-31(38)35(30)26-17-23(36-6)11-12-27(26)37-7/h8-17,28,30H,1-7H3,(H,33,38)/t28-,30-/m1/s1. The van der Waals surface area contributed by atoms with Crippen molar-refractivity contribution in [1.29, 1.82) is 0 Å². The van der Waals surface area contributed by atoms with E-state index in [0.717, 1.165) is 22.9 Å². The van der Waals surface area contributed by atoms with E-state index in [9.17, 15) is 0 Å². The van der Waals surface area contributed by atoms with Crippen molar-refractivity contribution in [2.24, 2.45) is 0 Å². The number of aryl methyl sites for hydroxylation is 4. The lowest BCUT2D eigenvalue weighted by Gasteiger charge is -2.29. The van der Waals surface area contributed by atoms with E-state index in [1.54, 1.807) is 14.2 Å². The van der Waals surface area contributed by atoms with E-state index < -0.39 is 0 Å². The lowest BCUT2D eigenvalue weighted by Crippen LogP contribution is -2.30. The Hall–Kier alpha value is -3.84. The highest BCUT2D eigenvalue weighted by Gasteiger charge is 2.43. The first-order valence-electron chi connectivity index (χ1n) is 12.7. The van der Waals surface area contributed by atoms with Gasteiger partial charge in [0.15, 0.2) is 5.11 Å². The second-order valence-corrected chi connectivity index (χ2v) is 10.3. The van der Waals surface area contributed by atoms with Crippen LogP contribution in [0.4, 0.5) is 5.69 Å². The van der Waals surface area contributed by atoms with Gasteiger partial charge in [-0.15, -0.1) is 0 Å². The number of hydrogen-bond acceptors (Lipinski definition) is 4. The fourth-order valence-electron chi connectivity index (χ4n) is 5.87. The van der Waals surface area contributed by atoms with Crippen LogP contribution in [0.15, 0.2) is 60.8 Å². The molecule has 0 aliphatic carbocycles. The van der Waals surface area contributed by atoms with Crippen molar-refractivity contribution in [3.63, 3.8) is 0 Å². The molecule has 7 heteroatoms. The van der Waals surface area contributed by atoms with Crippen LogP contribution in [0.25, 0.3) is 5.69 Å². The third-order valence-electron chi connectivity index (χ3n) is 7.39. The van der Waals surface area contributed by atoms with Crippen LogP contribution < -0.4 is 19.7 Å². The van der Waals surface area contributed by atoms with Crippen molar-refractivity contribution >= 4 is 23.0 Å². The van der Waals surface area contributed by atoms with E-state index >= 15 is 0 Å². The highest BCUT2D eigenvalue weighted by Crippen LogP contribution is 2.47. The van der Waals surface area contributed by atoms with Crippen LogP contribution >= 0.6 is 12.2 Å². The summed E-state index contributed by atoms with van der Waals surface area (Å²) in [5.41, 5.74) is 10.3. The van der Waals surface area contributed by atoms with Gasteiger partial charge in [-0.05, 0) is 93.9 Å². The maximum Gasteiger partial charge on any atom is 0.174 e. The molecule has 2 aromatic carbocycles. The Morgan fingerprint density at radius 2 is 1.63 bits per heavy atom. The zero-order valence-electron chi connectivity index (χ0n) is 23.0. The maximum absolute atomic E-state index is 5.98. The molecule has 0 bridgehead atoms. The monoisotopic (exact) mass is 526 g/mol. The van der Waals surface area contributed by atoms with Gasteiger partial charge in [0.2, 0.25) is 0 Å². The molecule has 3 heterocycles. The van der Waals surface area contributed by atoms with Crippen molar-refractivity contribution in [3.05, 3.63) is 100 Å². The first kappa shape index (κ1) is 25.8. The molecule has 0 saturated carbocycles. The number of benzene rings is 2. The molecule has 5 rings (SSSR count). The van der Waals surface area contributed by atoms with Crippen LogP contribution in [-0.2, 0) is 0 Å². The van der Waals surface area contributed by atoms with Crippen LogP contribution in [0.5, 0.6) is 11.5 Å². The molecule has 4 aromatic rings. The van der Waals surface area contributed by atoms with Crippen molar-refractivity contribution < 1.29 is 9.47 Å². The first-order chi connectivity index (χ1) is 18.2. The summed E-state index contributed by atoms with van der Waals surface area (Å²) in [7, 11) is 3.35. The predicted molar refractivity (Wildman–Crippen MR) is 157 cm³/mol. The van der Waals surface area contributed by atoms with Gasteiger partial charge in [-0.1, -0.05) is 23.8 Å². The Bertz CT molecular complexity index is 1490. The van der Waals surface area contributed by atoms with Crippen LogP contribution in [0, 0.1) is 34.6 Å². The van der Waals surface area contributed by atoms with Crippen LogP contribution in [0.3, 0.4) is 0 Å². The van der Waals surface area contributed by atoms with Gasteiger partial charge in [0.25, 0.3) is 0 Å². The minimum Gasteiger partial charge on any atom is -0.497 e. The number of aromatic nitrogens is 2. The highest BCUT2D eigenvalue weighted by molar-refractivity contribution is 7.80. The molecule has 0 spiro atoms. The Balaban J connectivity index is 1.74. The molecule has 1 aliphatic rings. The number of ether oxygens (including phenoxy) is 2. The van der Waals surface area contributed by atoms with Crippen molar-refractivity contribution in [2.45, 2.75) is 46.7 Å². The van der Waals surface area contributed by atoms with Crippen LogP contribution in [0.2, 0.25) is 0 Å². The molecule has 196 valence electrons. The summed E-state index contributed by atoms with van der Waals surface area (Å²) < 4.78 is 13.7. The van der Waals surface area contributed by atoms with Gasteiger partial charge in [-0.3, -0.25) is 4.98 Å². The Labute approximate surface area is 230 Å². The fraction of sp³-hybridized carbons (Fsp3) is 0.290. The Morgan fingerprint density at radius 1 is 0.895 bits per heavy atom. The Kier molecular flexibility index (Phi) is 6.88. The first-order valence-corrected chi connectivity index (χ1v) is 13.2. The number of nitrogens with one attached hydrogen (secondary N) is 1. The molecule has 2 aromatic heterocycles. The van der Waals surface area contributed by atoms with E-state index in [1.165, 1.54) is 39.3 Å². The van der Waals surface area contributed by atoms with E-state index in [0.29, 0.717) is 5.11 Å². The average molecular weight is 527 g/mol. The van der Waals surface area contributed by atoms with Gasteiger partial charge in [0.1, 0.15) is 11.5 Å². The minimum atomic E-state index is -0.163. The fourth-order valence-corrected chi connectivity index (χ4v) is 6.21. The van der Waals surface area contributed by atoms with E-state index in [1.807, 2.05) is 42.6 Å². The second kappa shape index (κ2) is 10.1. The predicted octanol–water partition coefficient (Wildman–Crippen LogP) is 6.61. The van der Waals surface area contributed by atoms with Gasteiger partial charge in [0.05, 0.1) is 43.4 Å². The van der Waals surface area contributed by atoms with E-state index in [2.05, 4.69) is 67.6 Å². The molecule has 1 saturated heterocycles. The second-order valence-electron chi connectivity index (χ2n) is 9.94. The lowest BCUT2D eigenvalue weighted by molar-refractivity contribution is 0.403. The number of methoxy groups -OCH3 is 2. The number of nitrogens with zero attached hydrogens (tertiary/aromatic N) is 3. The topological polar surface area (TPSA) is 51.6 Å². The third-order valence-corrected chi connectivity index (χ3v) is 7.71. The van der Waals surface area contributed by atoms with Crippen molar-refractivity contribution in [2.75, 3.05) is 19.1 Å². The molecule has 0 radical (unpaired) electrons. The van der Waals surface area contributed by atoms with Gasteiger partial charge in [-0.2, -0.15) is 0 Å². The number of anilines is 1. The zero-order chi connectivity index (χ0) is 27.1. The largest absolute Gasteiger partial charge is 0.497 e. The molecule has 1 N–H and O–H groups in total. The van der Waals surface area contributed by atoms with Gasteiger partial charge < -0.3 is 24.3 Å². The smallest absolute Gasteiger partial charge is 0.174 e. The van der Waals surface area contributed by atoms with Gasteiger partial charge in [0, 0.05) is 23.7 Å². The van der Waals surface area contributed by atoms with E-state index in [4.69, 9.17) is 26.7 Å². The van der Waals surface area contributed by atoms with Crippen molar-refractivity contribution in [1.82, 2.24) is 14.9 Å². The quantitative estimate of drug-likeness (QED) is 0.285. The molecule has 0 amide bonds. The van der Waals surface area contributed by atoms with Crippen LogP contribution in [0.1, 0.15) is 51.4 Å². The molecular formula is C31H34N4O2S. The normalized spacial score (nSPS) is 17.0. The number of pyridine rings is 1. The molecule has 6 nitrogen and oxygen atoms in total. The van der Waals surface area contributed by atoms with Crippen molar-refractivity contribution in [3.8, 4) is 17.2 Å². The van der Waals surface area contributed by atoms with Gasteiger partial charge >= 0.3 is 0 Å². The Morgan fingerprint density at radius 3 is 2.26 bits per heavy atom. The summed E-state index contributed by atoms with van der Waals surface area (Å²) in [6, 6.07) is 18.3. The minimum absolute atomic E-state index is 0.159. The third kappa shape index (κ3) is 4.31. The SMILES string of the molecule is COc1ccc(OC)c(N2C(=S)N[C@H](c3ccccn3)[C@H]2c2cc(C)n(-c3c(C)cc(C)cc3C)c2C)c1. The molecule has 2 atom stereocenters. The lowest BCUT2D eigenvalue weighted by atomic mass is 9.96. The summed E-state index contributed by atoms with van der Waals surface area (Å²) in [6.07, 6.45) is 1.83. The summed E-state index contributed by atoms with van der Waals surface area (Å²) >= 11 is 5.98. The number of hydrogen-bond donors (Lipinski definition) is 1. The van der Waals surface area contributed by atoms with Crippen LogP contribution in [-0.4, -0.2) is 28.9 Å². The summed E-state index contributed by atoms with van der Waals surface area (Å²) in [5.74, 6) is 1.46. The number of rotatable bonds is 6. The summed E-state index contributed by atoms with van der Waals surface area (Å²) in [6.45, 7) is 10.9. The molecule has 1 fully saturated rings. The molecule has 0 unspecified atom stereocenters. The summed E-state index contributed by atoms with van der Waals surface area (Å²) in [5, 5.41) is 4.19.